The van der Waals surface area contributed by atoms with Gasteiger partial charge < -0.3 is 15.4 Å². The lowest BCUT2D eigenvalue weighted by Gasteiger charge is -2.13. The molecule has 0 atom stereocenters. The smallest absolute Gasteiger partial charge is 0.422 e. The van der Waals surface area contributed by atoms with Crippen LogP contribution in [-0.2, 0) is 20.1 Å². The van der Waals surface area contributed by atoms with Crippen molar-refractivity contribution in [3.8, 4) is 5.75 Å². The van der Waals surface area contributed by atoms with Gasteiger partial charge in [-0.3, -0.25) is 9.67 Å². The quantitative estimate of drug-likeness (QED) is 0.608. The first-order valence-corrected chi connectivity index (χ1v) is 7.43. The summed E-state index contributed by atoms with van der Waals surface area (Å²) in [5.74, 6) is 1.44. The Balaban J connectivity index is 1.85. The van der Waals surface area contributed by atoms with Gasteiger partial charge in [0, 0.05) is 20.6 Å². The van der Waals surface area contributed by atoms with E-state index in [2.05, 4.69) is 25.7 Å². The second-order valence-corrected chi connectivity index (χ2v) is 5.13. The molecule has 2 N–H and O–H groups in total. The van der Waals surface area contributed by atoms with Crippen LogP contribution < -0.4 is 15.4 Å². The fourth-order valence-electron chi connectivity index (χ4n) is 1.96. The van der Waals surface area contributed by atoms with Crippen molar-refractivity contribution in [1.29, 1.82) is 0 Å². The van der Waals surface area contributed by atoms with Crippen LogP contribution in [0.15, 0.2) is 35.6 Å². The van der Waals surface area contributed by atoms with Crippen LogP contribution in [0.2, 0.25) is 0 Å². The normalized spacial score (nSPS) is 12.1. The molecule has 1 heterocycles. The number of rotatable bonds is 6. The molecule has 0 fully saturated rings. The number of hydrogen-bond acceptors (Lipinski definition) is 4. The van der Waals surface area contributed by atoms with Crippen molar-refractivity contribution in [3.63, 3.8) is 0 Å². The van der Waals surface area contributed by atoms with Crippen LogP contribution in [-0.4, -0.2) is 40.6 Å². The van der Waals surface area contributed by atoms with Gasteiger partial charge >= 0.3 is 6.18 Å². The van der Waals surface area contributed by atoms with Crippen molar-refractivity contribution < 1.29 is 17.9 Å². The SMILES string of the molecule is CN=C(NCc1cccc(OCC(F)(F)F)c1)NCc1ncnn1C. The van der Waals surface area contributed by atoms with E-state index in [1.54, 1.807) is 37.0 Å². The van der Waals surface area contributed by atoms with Crippen LogP contribution in [0.1, 0.15) is 11.4 Å². The van der Waals surface area contributed by atoms with Crippen molar-refractivity contribution in [2.24, 2.45) is 12.0 Å². The van der Waals surface area contributed by atoms with Gasteiger partial charge in [0.1, 0.15) is 17.9 Å². The molecule has 0 radical (unpaired) electrons. The van der Waals surface area contributed by atoms with E-state index in [-0.39, 0.29) is 5.75 Å². The standard InChI is InChI=1S/C15H19F3N6O/c1-19-14(21-8-13-22-10-23-24(13)2)20-7-11-4-3-5-12(6-11)25-9-15(16,17)18/h3-6,10H,7-9H2,1-2H3,(H2,19,20,21). The Hall–Kier alpha value is -2.78. The highest BCUT2D eigenvalue weighted by atomic mass is 19.4. The average Bonchev–Trinajstić information content (AvgIpc) is 2.98. The molecule has 25 heavy (non-hydrogen) atoms. The summed E-state index contributed by atoms with van der Waals surface area (Å²) in [5, 5.41) is 10.1. The molecule has 0 aliphatic rings. The molecular weight excluding hydrogens is 337 g/mol. The number of aromatic nitrogens is 3. The lowest BCUT2D eigenvalue weighted by molar-refractivity contribution is -0.153. The molecule has 0 amide bonds. The number of benzene rings is 1. The fourth-order valence-corrected chi connectivity index (χ4v) is 1.96. The summed E-state index contributed by atoms with van der Waals surface area (Å²) in [6, 6.07) is 6.45. The zero-order chi connectivity index (χ0) is 18.3. The van der Waals surface area contributed by atoms with Crippen LogP contribution in [0.5, 0.6) is 5.75 Å². The van der Waals surface area contributed by atoms with Crippen molar-refractivity contribution in [1.82, 2.24) is 25.4 Å². The van der Waals surface area contributed by atoms with Gasteiger partial charge in [-0.15, -0.1) is 0 Å². The Morgan fingerprint density at radius 3 is 2.68 bits per heavy atom. The molecular formula is C15H19F3N6O. The maximum Gasteiger partial charge on any atom is 0.422 e. The Labute approximate surface area is 142 Å². The third-order valence-electron chi connectivity index (χ3n) is 3.20. The molecule has 0 spiro atoms. The minimum Gasteiger partial charge on any atom is -0.484 e. The number of ether oxygens (including phenoxy) is 1. The van der Waals surface area contributed by atoms with E-state index in [1.165, 1.54) is 12.4 Å². The topological polar surface area (TPSA) is 76.4 Å². The largest absolute Gasteiger partial charge is 0.484 e. The molecule has 7 nitrogen and oxygen atoms in total. The van der Waals surface area contributed by atoms with Gasteiger partial charge in [0.15, 0.2) is 12.6 Å². The highest BCUT2D eigenvalue weighted by Gasteiger charge is 2.28. The van der Waals surface area contributed by atoms with E-state index in [9.17, 15) is 13.2 Å². The second-order valence-electron chi connectivity index (χ2n) is 5.13. The molecule has 10 heteroatoms. The number of aryl methyl sites for hydroxylation is 1. The van der Waals surface area contributed by atoms with Gasteiger partial charge in [-0.05, 0) is 17.7 Å². The van der Waals surface area contributed by atoms with Gasteiger partial charge in [0.2, 0.25) is 0 Å². The van der Waals surface area contributed by atoms with Crippen LogP contribution >= 0.6 is 0 Å². The van der Waals surface area contributed by atoms with Crippen LogP contribution in [0, 0.1) is 0 Å². The van der Waals surface area contributed by atoms with E-state index in [4.69, 9.17) is 4.74 Å². The predicted octanol–water partition coefficient (Wildman–Crippen LogP) is 1.62. The van der Waals surface area contributed by atoms with Crippen molar-refractivity contribution >= 4 is 5.96 Å². The highest BCUT2D eigenvalue weighted by molar-refractivity contribution is 5.79. The number of nitrogens with zero attached hydrogens (tertiary/aromatic N) is 4. The molecule has 1 aromatic carbocycles. The summed E-state index contributed by atoms with van der Waals surface area (Å²) in [6.07, 6.45) is -2.90. The van der Waals surface area contributed by atoms with Crippen molar-refractivity contribution in [2.45, 2.75) is 19.3 Å². The summed E-state index contributed by atoms with van der Waals surface area (Å²) in [7, 11) is 3.40. The van der Waals surface area contributed by atoms with Crippen LogP contribution in [0.3, 0.4) is 0 Å². The summed E-state index contributed by atoms with van der Waals surface area (Å²) >= 11 is 0. The highest BCUT2D eigenvalue weighted by Crippen LogP contribution is 2.19. The number of hydrogen-bond donors (Lipinski definition) is 2. The van der Waals surface area contributed by atoms with Crippen molar-refractivity contribution in [2.75, 3.05) is 13.7 Å². The van der Waals surface area contributed by atoms with E-state index in [0.717, 1.165) is 11.4 Å². The zero-order valence-electron chi connectivity index (χ0n) is 13.8. The van der Waals surface area contributed by atoms with E-state index in [0.29, 0.717) is 19.0 Å². The monoisotopic (exact) mass is 356 g/mol. The Morgan fingerprint density at radius 2 is 2.04 bits per heavy atom. The van der Waals surface area contributed by atoms with Crippen molar-refractivity contribution in [3.05, 3.63) is 42.0 Å². The number of nitrogens with one attached hydrogen (secondary N) is 2. The molecule has 0 aliphatic heterocycles. The molecule has 136 valence electrons. The average molecular weight is 356 g/mol. The molecule has 0 saturated carbocycles. The molecule has 0 unspecified atom stereocenters. The maximum absolute atomic E-state index is 12.2. The van der Waals surface area contributed by atoms with Gasteiger partial charge in [-0.2, -0.15) is 18.3 Å². The first-order valence-electron chi connectivity index (χ1n) is 7.43. The molecule has 2 aromatic rings. The molecule has 2 rings (SSSR count). The zero-order valence-corrected chi connectivity index (χ0v) is 13.8. The predicted molar refractivity (Wildman–Crippen MR) is 86.0 cm³/mol. The molecule has 1 aromatic heterocycles. The molecule has 0 saturated heterocycles. The summed E-state index contributed by atoms with van der Waals surface area (Å²) < 4.78 is 43.0. The number of guanidine groups is 1. The van der Waals surface area contributed by atoms with Gasteiger partial charge in [-0.1, -0.05) is 12.1 Å². The Kier molecular flexibility index (Phi) is 6.20. The van der Waals surface area contributed by atoms with E-state index in [1.807, 2.05) is 0 Å². The second kappa shape index (κ2) is 8.36. The Bertz CT molecular complexity index is 713. The first kappa shape index (κ1) is 18.6. The lowest BCUT2D eigenvalue weighted by atomic mass is 10.2. The van der Waals surface area contributed by atoms with Gasteiger partial charge in [-0.25, -0.2) is 4.98 Å². The summed E-state index contributed by atoms with van der Waals surface area (Å²) in [5.41, 5.74) is 0.765. The summed E-state index contributed by atoms with van der Waals surface area (Å²) in [4.78, 5) is 8.17. The minimum absolute atomic E-state index is 0.165. The molecule has 0 bridgehead atoms. The number of halogens is 3. The number of alkyl halides is 3. The Morgan fingerprint density at radius 1 is 1.28 bits per heavy atom. The number of aliphatic imine (C=N–C) groups is 1. The third-order valence-corrected chi connectivity index (χ3v) is 3.20. The maximum atomic E-state index is 12.2. The van der Waals surface area contributed by atoms with Crippen LogP contribution in [0.25, 0.3) is 0 Å². The third kappa shape index (κ3) is 6.32. The van der Waals surface area contributed by atoms with Crippen LogP contribution in [0.4, 0.5) is 13.2 Å². The fraction of sp³-hybridized carbons (Fsp3) is 0.400. The van der Waals surface area contributed by atoms with Gasteiger partial charge in [0.25, 0.3) is 0 Å². The van der Waals surface area contributed by atoms with E-state index >= 15 is 0 Å². The minimum atomic E-state index is -4.36. The first-order chi connectivity index (χ1) is 11.9. The lowest BCUT2D eigenvalue weighted by Crippen LogP contribution is -2.36. The van der Waals surface area contributed by atoms with Gasteiger partial charge in [0.05, 0.1) is 6.54 Å². The summed E-state index contributed by atoms with van der Waals surface area (Å²) in [6.45, 7) is -0.503. The molecule has 0 aliphatic carbocycles. The van der Waals surface area contributed by atoms with E-state index < -0.39 is 12.8 Å².